The van der Waals surface area contributed by atoms with Crippen molar-refractivity contribution < 1.29 is 0 Å². The summed E-state index contributed by atoms with van der Waals surface area (Å²) in [6.45, 7) is 7.55. The standard InChI is InChI=1S/C18H23BrN2/c1-4-7-21-18(16-9-17(19)12-20-11-16)10-15-8-13(2)5-6-14(15)3/h5-6,8-9,11-12,18,21H,4,7,10H2,1-3H3. The third-order valence-corrected chi connectivity index (χ3v) is 4.13. The highest BCUT2D eigenvalue weighted by Gasteiger charge is 2.13. The summed E-state index contributed by atoms with van der Waals surface area (Å²) in [5, 5.41) is 3.65. The normalized spacial score (nSPS) is 12.4. The summed E-state index contributed by atoms with van der Waals surface area (Å²) >= 11 is 3.52. The number of aromatic nitrogens is 1. The second-order valence-corrected chi connectivity index (χ2v) is 6.49. The van der Waals surface area contributed by atoms with Crippen molar-refractivity contribution in [3.8, 4) is 0 Å². The van der Waals surface area contributed by atoms with Crippen LogP contribution < -0.4 is 5.32 Å². The quantitative estimate of drug-likeness (QED) is 0.816. The van der Waals surface area contributed by atoms with E-state index in [1.54, 1.807) is 0 Å². The van der Waals surface area contributed by atoms with Gasteiger partial charge in [0, 0.05) is 22.9 Å². The van der Waals surface area contributed by atoms with E-state index in [4.69, 9.17) is 0 Å². The molecule has 0 amide bonds. The third-order valence-electron chi connectivity index (χ3n) is 3.70. The molecule has 0 spiro atoms. The van der Waals surface area contributed by atoms with E-state index in [0.717, 1.165) is 23.9 Å². The zero-order valence-corrected chi connectivity index (χ0v) is 14.6. The van der Waals surface area contributed by atoms with E-state index in [0.29, 0.717) is 6.04 Å². The Morgan fingerprint density at radius 3 is 2.71 bits per heavy atom. The summed E-state index contributed by atoms with van der Waals surface area (Å²) in [4.78, 5) is 4.31. The van der Waals surface area contributed by atoms with Gasteiger partial charge in [-0.25, -0.2) is 0 Å². The lowest BCUT2D eigenvalue weighted by atomic mass is 9.95. The van der Waals surface area contributed by atoms with Crippen molar-refractivity contribution in [2.75, 3.05) is 6.54 Å². The highest BCUT2D eigenvalue weighted by Crippen LogP contribution is 2.23. The minimum absolute atomic E-state index is 0.301. The van der Waals surface area contributed by atoms with Crippen LogP contribution in [-0.2, 0) is 6.42 Å². The van der Waals surface area contributed by atoms with Gasteiger partial charge in [-0.2, -0.15) is 0 Å². The van der Waals surface area contributed by atoms with Gasteiger partial charge in [0.1, 0.15) is 0 Å². The Labute approximate surface area is 136 Å². The highest BCUT2D eigenvalue weighted by molar-refractivity contribution is 9.10. The summed E-state index contributed by atoms with van der Waals surface area (Å²) in [5.41, 5.74) is 5.31. The molecular formula is C18H23BrN2. The molecule has 3 heteroatoms. The van der Waals surface area contributed by atoms with Crippen LogP contribution in [0.5, 0.6) is 0 Å². The van der Waals surface area contributed by atoms with E-state index in [2.05, 4.69) is 71.3 Å². The van der Waals surface area contributed by atoms with Gasteiger partial charge in [-0.05, 0) is 71.9 Å². The maximum absolute atomic E-state index is 4.31. The summed E-state index contributed by atoms with van der Waals surface area (Å²) in [6.07, 6.45) is 5.91. The molecule has 1 N–H and O–H groups in total. The molecule has 2 rings (SSSR count). The number of benzene rings is 1. The second-order valence-electron chi connectivity index (χ2n) is 5.58. The smallest absolute Gasteiger partial charge is 0.0410 e. The molecule has 0 fully saturated rings. The SMILES string of the molecule is CCCNC(Cc1cc(C)ccc1C)c1cncc(Br)c1. The fourth-order valence-electron chi connectivity index (χ4n) is 2.49. The van der Waals surface area contributed by atoms with Gasteiger partial charge < -0.3 is 5.32 Å². The molecule has 0 saturated carbocycles. The van der Waals surface area contributed by atoms with Crippen molar-refractivity contribution in [2.45, 2.75) is 39.7 Å². The van der Waals surface area contributed by atoms with Crippen LogP contribution in [0.2, 0.25) is 0 Å². The first-order valence-corrected chi connectivity index (χ1v) is 8.29. The molecule has 0 saturated heterocycles. The molecule has 1 heterocycles. The number of rotatable bonds is 6. The Morgan fingerprint density at radius 2 is 2.00 bits per heavy atom. The van der Waals surface area contributed by atoms with Crippen LogP contribution in [0, 0.1) is 13.8 Å². The van der Waals surface area contributed by atoms with Gasteiger partial charge in [0.2, 0.25) is 0 Å². The van der Waals surface area contributed by atoms with Crippen molar-refractivity contribution in [1.82, 2.24) is 10.3 Å². The number of nitrogens with one attached hydrogen (secondary N) is 1. The first-order valence-electron chi connectivity index (χ1n) is 7.50. The largest absolute Gasteiger partial charge is 0.310 e. The fourth-order valence-corrected chi connectivity index (χ4v) is 2.87. The average Bonchev–Trinajstić information content (AvgIpc) is 2.47. The van der Waals surface area contributed by atoms with E-state index in [1.165, 1.54) is 22.3 Å². The molecular weight excluding hydrogens is 324 g/mol. The van der Waals surface area contributed by atoms with Crippen LogP contribution in [0.25, 0.3) is 0 Å². The van der Waals surface area contributed by atoms with Crippen LogP contribution in [-0.4, -0.2) is 11.5 Å². The number of pyridine rings is 1. The summed E-state index contributed by atoms with van der Waals surface area (Å²) in [6, 6.07) is 9.14. The van der Waals surface area contributed by atoms with E-state index >= 15 is 0 Å². The Balaban J connectivity index is 2.25. The molecule has 0 aliphatic rings. The molecule has 0 radical (unpaired) electrons. The Morgan fingerprint density at radius 1 is 1.19 bits per heavy atom. The average molecular weight is 347 g/mol. The second kappa shape index (κ2) is 7.71. The Bertz CT molecular complexity index is 596. The topological polar surface area (TPSA) is 24.9 Å². The molecule has 0 aliphatic carbocycles. The summed E-state index contributed by atoms with van der Waals surface area (Å²) in [7, 11) is 0. The van der Waals surface area contributed by atoms with Crippen LogP contribution in [0.4, 0.5) is 0 Å². The van der Waals surface area contributed by atoms with Crippen LogP contribution >= 0.6 is 15.9 Å². The molecule has 0 aliphatic heterocycles. The molecule has 1 unspecified atom stereocenters. The maximum atomic E-state index is 4.31. The van der Waals surface area contributed by atoms with Crippen molar-refractivity contribution in [3.63, 3.8) is 0 Å². The number of hydrogen-bond acceptors (Lipinski definition) is 2. The van der Waals surface area contributed by atoms with Gasteiger partial charge in [0.25, 0.3) is 0 Å². The zero-order chi connectivity index (χ0) is 15.2. The number of nitrogens with zero attached hydrogens (tertiary/aromatic N) is 1. The lowest BCUT2D eigenvalue weighted by Gasteiger charge is -2.20. The summed E-state index contributed by atoms with van der Waals surface area (Å²) in [5.74, 6) is 0. The fraction of sp³-hybridized carbons (Fsp3) is 0.389. The highest BCUT2D eigenvalue weighted by atomic mass is 79.9. The number of halogens is 1. The van der Waals surface area contributed by atoms with Gasteiger partial charge in [-0.1, -0.05) is 30.7 Å². The predicted octanol–water partition coefficient (Wildman–Crippen LogP) is 4.74. The third kappa shape index (κ3) is 4.65. The molecule has 2 aromatic rings. The summed E-state index contributed by atoms with van der Waals surface area (Å²) < 4.78 is 1.03. The first kappa shape index (κ1) is 16.2. The zero-order valence-electron chi connectivity index (χ0n) is 13.0. The van der Waals surface area contributed by atoms with Gasteiger partial charge >= 0.3 is 0 Å². The molecule has 1 aromatic heterocycles. The van der Waals surface area contributed by atoms with Crippen LogP contribution in [0.15, 0.2) is 41.1 Å². The minimum Gasteiger partial charge on any atom is -0.310 e. The minimum atomic E-state index is 0.301. The molecule has 0 bridgehead atoms. The van der Waals surface area contributed by atoms with E-state index in [9.17, 15) is 0 Å². The Hall–Kier alpha value is -1.19. The molecule has 112 valence electrons. The van der Waals surface area contributed by atoms with Gasteiger partial charge in [-0.3, -0.25) is 4.98 Å². The first-order chi connectivity index (χ1) is 10.1. The van der Waals surface area contributed by atoms with E-state index in [-0.39, 0.29) is 0 Å². The van der Waals surface area contributed by atoms with Gasteiger partial charge in [0.05, 0.1) is 0 Å². The lowest BCUT2D eigenvalue weighted by molar-refractivity contribution is 0.526. The molecule has 1 atom stereocenters. The van der Waals surface area contributed by atoms with E-state index < -0.39 is 0 Å². The molecule has 1 aromatic carbocycles. The lowest BCUT2D eigenvalue weighted by Crippen LogP contribution is -2.24. The Kier molecular flexibility index (Phi) is 5.95. The van der Waals surface area contributed by atoms with Gasteiger partial charge in [-0.15, -0.1) is 0 Å². The number of hydrogen-bond donors (Lipinski definition) is 1. The van der Waals surface area contributed by atoms with Crippen LogP contribution in [0.1, 0.15) is 41.6 Å². The van der Waals surface area contributed by atoms with Gasteiger partial charge in [0.15, 0.2) is 0 Å². The molecule has 2 nitrogen and oxygen atoms in total. The maximum Gasteiger partial charge on any atom is 0.0410 e. The number of aryl methyl sites for hydroxylation is 2. The van der Waals surface area contributed by atoms with Crippen molar-refractivity contribution in [3.05, 3.63) is 63.4 Å². The predicted molar refractivity (Wildman–Crippen MR) is 92.6 cm³/mol. The van der Waals surface area contributed by atoms with E-state index in [1.807, 2.05) is 12.4 Å². The molecule has 21 heavy (non-hydrogen) atoms. The van der Waals surface area contributed by atoms with Crippen LogP contribution in [0.3, 0.4) is 0 Å². The van der Waals surface area contributed by atoms with Crippen molar-refractivity contribution in [2.24, 2.45) is 0 Å². The van der Waals surface area contributed by atoms with Crippen molar-refractivity contribution in [1.29, 1.82) is 0 Å². The monoisotopic (exact) mass is 346 g/mol. The van der Waals surface area contributed by atoms with Crippen molar-refractivity contribution >= 4 is 15.9 Å².